The summed E-state index contributed by atoms with van der Waals surface area (Å²) in [5.41, 5.74) is 6.10. The first kappa shape index (κ1) is 17.2. The first-order chi connectivity index (χ1) is 9.69. The Morgan fingerprint density at radius 2 is 1.86 bits per heavy atom. The maximum atomic E-state index is 6.52. The summed E-state index contributed by atoms with van der Waals surface area (Å²) < 4.78 is 11.5. The van der Waals surface area contributed by atoms with Gasteiger partial charge in [0, 0.05) is 38.2 Å². The zero-order valence-electron chi connectivity index (χ0n) is 14.7. The fourth-order valence-electron chi connectivity index (χ4n) is 3.87. The Hall–Kier alpha value is -0.160. The van der Waals surface area contributed by atoms with Crippen LogP contribution in [0, 0.1) is 11.8 Å². The van der Waals surface area contributed by atoms with Gasteiger partial charge in [-0.05, 0) is 53.4 Å². The van der Waals surface area contributed by atoms with Gasteiger partial charge in [0.2, 0.25) is 0 Å². The van der Waals surface area contributed by atoms with E-state index in [-0.39, 0.29) is 17.2 Å². The standard InChI is InChI=1S/C17H34N2O2/c1-12(13-7-8-13)19(9-10-20-6)11-14-15(18)17(4,5)21-16(14,2)3/h12-15H,7-11,18H2,1-6H3. The second-order valence-electron chi connectivity index (χ2n) is 8.01. The van der Waals surface area contributed by atoms with Crippen LogP contribution in [0.3, 0.4) is 0 Å². The lowest BCUT2D eigenvalue weighted by Crippen LogP contribution is -2.50. The Bertz CT molecular complexity index is 353. The maximum absolute atomic E-state index is 6.52. The highest BCUT2D eigenvalue weighted by Gasteiger charge is 2.52. The van der Waals surface area contributed by atoms with E-state index in [0.717, 1.165) is 25.6 Å². The molecule has 2 aliphatic rings. The molecule has 1 aliphatic heterocycles. The molecule has 124 valence electrons. The lowest BCUT2D eigenvalue weighted by Gasteiger charge is -2.36. The van der Waals surface area contributed by atoms with Crippen LogP contribution in [0.5, 0.6) is 0 Å². The van der Waals surface area contributed by atoms with Crippen molar-refractivity contribution in [2.24, 2.45) is 17.6 Å². The zero-order chi connectivity index (χ0) is 15.8. The highest BCUT2D eigenvalue weighted by Crippen LogP contribution is 2.43. The van der Waals surface area contributed by atoms with Gasteiger partial charge in [-0.3, -0.25) is 4.90 Å². The first-order valence-electron chi connectivity index (χ1n) is 8.38. The zero-order valence-corrected chi connectivity index (χ0v) is 14.7. The number of ether oxygens (including phenoxy) is 2. The highest BCUT2D eigenvalue weighted by atomic mass is 16.5. The minimum atomic E-state index is -0.246. The molecule has 0 aromatic carbocycles. The van der Waals surface area contributed by atoms with Gasteiger partial charge in [-0.25, -0.2) is 0 Å². The quantitative estimate of drug-likeness (QED) is 0.783. The highest BCUT2D eigenvalue weighted by molar-refractivity contribution is 5.05. The molecule has 4 heteroatoms. The molecule has 2 fully saturated rings. The molecule has 1 heterocycles. The molecule has 4 nitrogen and oxygen atoms in total. The van der Waals surface area contributed by atoms with Crippen molar-refractivity contribution < 1.29 is 9.47 Å². The number of rotatable bonds is 7. The van der Waals surface area contributed by atoms with E-state index < -0.39 is 0 Å². The SMILES string of the molecule is COCCN(CC1C(N)C(C)(C)OC1(C)C)C(C)C1CC1. The Morgan fingerprint density at radius 1 is 1.24 bits per heavy atom. The van der Waals surface area contributed by atoms with Crippen molar-refractivity contribution in [1.82, 2.24) is 4.90 Å². The van der Waals surface area contributed by atoms with Gasteiger partial charge in [0.05, 0.1) is 17.8 Å². The molecular formula is C17H34N2O2. The smallest absolute Gasteiger partial charge is 0.0788 e. The number of hydrogen-bond acceptors (Lipinski definition) is 4. The summed E-state index contributed by atoms with van der Waals surface area (Å²) in [6.45, 7) is 13.7. The number of methoxy groups -OCH3 is 1. The van der Waals surface area contributed by atoms with Crippen LogP contribution < -0.4 is 5.73 Å². The van der Waals surface area contributed by atoms with Crippen molar-refractivity contribution in [2.75, 3.05) is 26.8 Å². The molecule has 0 radical (unpaired) electrons. The summed E-state index contributed by atoms with van der Waals surface area (Å²) in [5.74, 6) is 1.21. The fourth-order valence-corrected chi connectivity index (χ4v) is 3.87. The van der Waals surface area contributed by atoms with Crippen molar-refractivity contribution >= 4 is 0 Å². The van der Waals surface area contributed by atoms with Crippen LogP contribution in [0.15, 0.2) is 0 Å². The van der Waals surface area contributed by atoms with Gasteiger partial charge in [0.15, 0.2) is 0 Å². The minimum Gasteiger partial charge on any atom is -0.383 e. The third-order valence-electron chi connectivity index (χ3n) is 5.55. The summed E-state index contributed by atoms with van der Waals surface area (Å²) in [7, 11) is 1.78. The molecule has 0 aromatic heterocycles. The van der Waals surface area contributed by atoms with Gasteiger partial charge in [0.1, 0.15) is 0 Å². The van der Waals surface area contributed by atoms with Crippen LogP contribution in [-0.2, 0) is 9.47 Å². The van der Waals surface area contributed by atoms with Crippen LogP contribution in [-0.4, -0.2) is 55.0 Å². The maximum Gasteiger partial charge on any atom is 0.0788 e. The Labute approximate surface area is 130 Å². The van der Waals surface area contributed by atoms with Gasteiger partial charge >= 0.3 is 0 Å². The number of nitrogens with zero attached hydrogens (tertiary/aromatic N) is 1. The van der Waals surface area contributed by atoms with Crippen molar-refractivity contribution in [3.05, 3.63) is 0 Å². The molecule has 0 bridgehead atoms. The van der Waals surface area contributed by atoms with Crippen LogP contribution >= 0.6 is 0 Å². The van der Waals surface area contributed by atoms with E-state index in [9.17, 15) is 0 Å². The van der Waals surface area contributed by atoms with E-state index in [0.29, 0.717) is 12.0 Å². The van der Waals surface area contributed by atoms with E-state index in [1.807, 2.05) is 0 Å². The molecule has 2 N–H and O–H groups in total. The molecule has 1 saturated heterocycles. The Balaban J connectivity index is 2.07. The normalized spacial score (nSPS) is 32.6. The van der Waals surface area contributed by atoms with E-state index in [4.69, 9.17) is 15.2 Å². The van der Waals surface area contributed by atoms with Crippen molar-refractivity contribution in [3.63, 3.8) is 0 Å². The number of hydrogen-bond donors (Lipinski definition) is 1. The third kappa shape index (κ3) is 3.79. The van der Waals surface area contributed by atoms with E-state index in [2.05, 4.69) is 39.5 Å². The van der Waals surface area contributed by atoms with Crippen molar-refractivity contribution in [2.45, 2.75) is 70.7 Å². The minimum absolute atomic E-state index is 0.0731. The third-order valence-corrected chi connectivity index (χ3v) is 5.55. The second kappa shape index (κ2) is 6.15. The summed E-state index contributed by atoms with van der Waals surface area (Å²) in [6.07, 6.45) is 2.74. The largest absolute Gasteiger partial charge is 0.383 e. The van der Waals surface area contributed by atoms with Gasteiger partial charge in [-0.1, -0.05) is 0 Å². The first-order valence-corrected chi connectivity index (χ1v) is 8.38. The average Bonchev–Trinajstić information content (AvgIpc) is 3.17. The predicted octanol–water partition coefficient (Wildman–Crippen LogP) is 2.26. The molecule has 2 rings (SSSR count). The van der Waals surface area contributed by atoms with Crippen LogP contribution in [0.2, 0.25) is 0 Å². The second-order valence-corrected chi connectivity index (χ2v) is 8.01. The van der Waals surface area contributed by atoms with Gasteiger partial charge in [-0.2, -0.15) is 0 Å². The molecule has 1 saturated carbocycles. The van der Waals surface area contributed by atoms with Crippen LogP contribution in [0.25, 0.3) is 0 Å². The molecule has 0 amide bonds. The van der Waals surface area contributed by atoms with Crippen LogP contribution in [0.4, 0.5) is 0 Å². The Kier molecular flexibility index (Phi) is 5.04. The molecule has 3 unspecified atom stereocenters. The monoisotopic (exact) mass is 298 g/mol. The number of nitrogens with two attached hydrogens (primary N) is 1. The Morgan fingerprint density at radius 3 is 2.29 bits per heavy atom. The molecule has 0 aromatic rings. The molecule has 21 heavy (non-hydrogen) atoms. The predicted molar refractivity (Wildman–Crippen MR) is 86.3 cm³/mol. The van der Waals surface area contributed by atoms with Gasteiger partial charge in [0.25, 0.3) is 0 Å². The van der Waals surface area contributed by atoms with Gasteiger partial charge in [-0.15, -0.1) is 0 Å². The van der Waals surface area contributed by atoms with E-state index in [1.165, 1.54) is 12.8 Å². The molecule has 0 spiro atoms. The average molecular weight is 298 g/mol. The topological polar surface area (TPSA) is 47.7 Å². The molecule has 1 aliphatic carbocycles. The molecule has 3 atom stereocenters. The summed E-state index contributed by atoms with van der Waals surface area (Å²) in [6, 6.07) is 0.691. The lowest BCUT2D eigenvalue weighted by atomic mass is 9.82. The van der Waals surface area contributed by atoms with Crippen LogP contribution in [0.1, 0.15) is 47.5 Å². The summed E-state index contributed by atoms with van der Waals surface area (Å²) in [5, 5.41) is 0. The molecular weight excluding hydrogens is 264 g/mol. The fraction of sp³-hybridized carbons (Fsp3) is 1.00. The lowest BCUT2D eigenvalue weighted by molar-refractivity contribution is -0.0796. The van der Waals surface area contributed by atoms with E-state index >= 15 is 0 Å². The van der Waals surface area contributed by atoms with Crippen molar-refractivity contribution in [3.8, 4) is 0 Å². The van der Waals surface area contributed by atoms with Gasteiger partial charge < -0.3 is 15.2 Å². The van der Waals surface area contributed by atoms with E-state index in [1.54, 1.807) is 7.11 Å². The summed E-state index contributed by atoms with van der Waals surface area (Å²) in [4.78, 5) is 2.57. The summed E-state index contributed by atoms with van der Waals surface area (Å²) >= 11 is 0. The van der Waals surface area contributed by atoms with Crippen molar-refractivity contribution in [1.29, 1.82) is 0 Å².